The maximum Gasteiger partial charge on any atom is 0.288 e. The molecule has 0 saturated heterocycles. The van der Waals surface area contributed by atoms with Crippen molar-refractivity contribution in [2.24, 2.45) is 0 Å². The van der Waals surface area contributed by atoms with Crippen LogP contribution < -0.4 is 0 Å². The number of benzene rings is 2. The van der Waals surface area contributed by atoms with Crippen molar-refractivity contribution in [3.05, 3.63) is 60.4 Å². The summed E-state index contributed by atoms with van der Waals surface area (Å²) in [6.45, 7) is 0. The molecule has 1 aromatic heterocycles. The molecule has 0 unspecified atom stereocenters. The second-order valence-corrected chi connectivity index (χ2v) is 4.29. The zero-order valence-electron chi connectivity index (χ0n) is 9.39. The summed E-state index contributed by atoms with van der Waals surface area (Å²) in [6, 6.07) is 17.1. The molecule has 0 N–H and O–H groups in total. The number of para-hydroxylation sites is 1. The van der Waals surface area contributed by atoms with Gasteiger partial charge in [0.2, 0.25) is 0 Å². The molecule has 0 spiro atoms. The lowest BCUT2D eigenvalue weighted by Gasteiger charge is -1.99. The smallest absolute Gasteiger partial charge is 0.288 e. The van der Waals surface area contributed by atoms with E-state index < -0.39 is 5.24 Å². The second-order valence-electron chi connectivity index (χ2n) is 3.94. The van der Waals surface area contributed by atoms with Gasteiger partial charge in [-0.05, 0) is 23.2 Å². The Morgan fingerprint density at radius 3 is 2.33 bits per heavy atom. The van der Waals surface area contributed by atoms with Gasteiger partial charge in [0.25, 0.3) is 5.24 Å². The molecule has 2 nitrogen and oxygen atoms in total. The van der Waals surface area contributed by atoms with Crippen molar-refractivity contribution in [3.63, 3.8) is 0 Å². The molecule has 0 saturated carbocycles. The minimum absolute atomic E-state index is 0.198. The van der Waals surface area contributed by atoms with Crippen LogP contribution in [0, 0.1) is 0 Å². The monoisotopic (exact) mass is 256 g/mol. The van der Waals surface area contributed by atoms with Gasteiger partial charge in [-0.1, -0.05) is 48.5 Å². The first-order valence-electron chi connectivity index (χ1n) is 5.54. The summed E-state index contributed by atoms with van der Waals surface area (Å²) in [5.41, 5.74) is 2.35. The van der Waals surface area contributed by atoms with E-state index in [0.717, 1.165) is 16.5 Å². The Labute approximate surface area is 109 Å². The number of furan rings is 1. The molecule has 18 heavy (non-hydrogen) atoms. The minimum atomic E-state index is -0.579. The van der Waals surface area contributed by atoms with E-state index in [2.05, 4.69) is 0 Å². The second kappa shape index (κ2) is 4.31. The van der Waals surface area contributed by atoms with Gasteiger partial charge in [-0.15, -0.1) is 0 Å². The SMILES string of the molecule is O=C(Cl)c1oc2ccccc2c1-c1ccccc1. The van der Waals surface area contributed by atoms with Crippen molar-refractivity contribution >= 4 is 27.8 Å². The van der Waals surface area contributed by atoms with Gasteiger partial charge < -0.3 is 4.42 Å². The van der Waals surface area contributed by atoms with E-state index in [1.54, 1.807) is 0 Å². The quantitative estimate of drug-likeness (QED) is 0.633. The van der Waals surface area contributed by atoms with Gasteiger partial charge in [0.1, 0.15) is 5.58 Å². The summed E-state index contributed by atoms with van der Waals surface area (Å²) >= 11 is 5.60. The molecular weight excluding hydrogens is 248 g/mol. The number of hydrogen-bond acceptors (Lipinski definition) is 2. The molecule has 0 aliphatic rings. The van der Waals surface area contributed by atoms with Crippen LogP contribution in [-0.2, 0) is 0 Å². The fourth-order valence-electron chi connectivity index (χ4n) is 2.08. The third kappa shape index (κ3) is 1.71. The molecule has 2 aromatic carbocycles. The Kier molecular flexibility index (Phi) is 2.65. The van der Waals surface area contributed by atoms with E-state index in [-0.39, 0.29) is 5.76 Å². The molecule has 3 aromatic rings. The highest BCUT2D eigenvalue weighted by molar-refractivity contribution is 6.68. The predicted octanol–water partition coefficient (Wildman–Crippen LogP) is 4.48. The first-order chi connectivity index (χ1) is 8.77. The topological polar surface area (TPSA) is 30.2 Å². The van der Waals surface area contributed by atoms with Crippen LogP contribution in [0.15, 0.2) is 59.0 Å². The van der Waals surface area contributed by atoms with Gasteiger partial charge in [0.05, 0.1) is 0 Å². The lowest BCUT2D eigenvalue weighted by atomic mass is 10.0. The fourth-order valence-corrected chi connectivity index (χ4v) is 2.21. The van der Waals surface area contributed by atoms with Gasteiger partial charge in [-0.2, -0.15) is 0 Å². The highest BCUT2D eigenvalue weighted by atomic mass is 35.5. The van der Waals surface area contributed by atoms with Gasteiger partial charge in [-0.25, -0.2) is 0 Å². The van der Waals surface area contributed by atoms with E-state index >= 15 is 0 Å². The van der Waals surface area contributed by atoms with E-state index in [0.29, 0.717) is 5.58 Å². The maximum absolute atomic E-state index is 11.5. The molecule has 0 atom stereocenters. The van der Waals surface area contributed by atoms with Gasteiger partial charge >= 0.3 is 0 Å². The maximum atomic E-state index is 11.5. The average molecular weight is 257 g/mol. The number of halogens is 1. The summed E-state index contributed by atoms with van der Waals surface area (Å²) in [4.78, 5) is 11.5. The van der Waals surface area contributed by atoms with Crippen LogP contribution in [0.3, 0.4) is 0 Å². The van der Waals surface area contributed by atoms with Crippen molar-refractivity contribution < 1.29 is 9.21 Å². The summed E-state index contributed by atoms with van der Waals surface area (Å²) < 4.78 is 5.53. The molecule has 88 valence electrons. The van der Waals surface area contributed by atoms with Crippen molar-refractivity contribution in [2.45, 2.75) is 0 Å². The van der Waals surface area contributed by atoms with E-state index in [4.69, 9.17) is 16.0 Å². The highest BCUT2D eigenvalue weighted by Gasteiger charge is 2.19. The Bertz CT molecular complexity index is 714. The number of fused-ring (bicyclic) bond motifs is 1. The molecule has 1 heterocycles. The van der Waals surface area contributed by atoms with Gasteiger partial charge in [0, 0.05) is 10.9 Å². The summed E-state index contributed by atoms with van der Waals surface area (Å²) in [6.07, 6.45) is 0. The first kappa shape index (κ1) is 11.1. The summed E-state index contributed by atoms with van der Waals surface area (Å²) in [5, 5.41) is 0.317. The lowest BCUT2D eigenvalue weighted by Crippen LogP contribution is -1.88. The van der Waals surface area contributed by atoms with E-state index in [1.807, 2.05) is 54.6 Å². The Hall–Kier alpha value is -2.06. The third-order valence-corrected chi connectivity index (χ3v) is 3.01. The number of hydrogen-bond donors (Lipinski definition) is 0. The normalized spacial score (nSPS) is 10.7. The molecule has 0 amide bonds. The molecule has 0 fully saturated rings. The fraction of sp³-hybridized carbons (Fsp3) is 0. The molecular formula is C15H9ClO2. The van der Waals surface area contributed by atoms with Crippen LogP contribution in [-0.4, -0.2) is 5.24 Å². The van der Waals surface area contributed by atoms with Crippen LogP contribution in [0.5, 0.6) is 0 Å². The van der Waals surface area contributed by atoms with Crippen molar-refractivity contribution in [3.8, 4) is 11.1 Å². The Morgan fingerprint density at radius 1 is 0.944 bits per heavy atom. The largest absolute Gasteiger partial charge is 0.451 e. The minimum Gasteiger partial charge on any atom is -0.451 e. The molecule has 3 heteroatoms. The molecule has 3 rings (SSSR count). The number of rotatable bonds is 2. The van der Waals surface area contributed by atoms with Crippen molar-refractivity contribution in [2.75, 3.05) is 0 Å². The third-order valence-electron chi connectivity index (χ3n) is 2.84. The zero-order valence-corrected chi connectivity index (χ0v) is 10.1. The number of carbonyl (C=O) groups is 1. The predicted molar refractivity (Wildman–Crippen MR) is 71.8 cm³/mol. The van der Waals surface area contributed by atoms with Crippen LogP contribution >= 0.6 is 11.6 Å². The lowest BCUT2D eigenvalue weighted by molar-refractivity contribution is 0.106. The van der Waals surface area contributed by atoms with Crippen LogP contribution in [0.25, 0.3) is 22.1 Å². The van der Waals surface area contributed by atoms with Crippen molar-refractivity contribution in [1.29, 1.82) is 0 Å². The highest BCUT2D eigenvalue weighted by Crippen LogP contribution is 2.35. The van der Waals surface area contributed by atoms with E-state index in [9.17, 15) is 4.79 Å². The average Bonchev–Trinajstić information content (AvgIpc) is 2.79. The van der Waals surface area contributed by atoms with Crippen LogP contribution in [0.4, 0.5) is 0 Å². The molecule has 0 bridgehead atoms. The first-order valence-corrected chi connectivity index (χ1v) is 5.92. The molecule has 0 radical (unpaired) electrons. The molecule has 0 aliphatic carbocycles. The van der Waals surface area contributed by atoms with Crippen molar-refractivity contribution in [1.82, 2.24) is 0 Å². The van der Waals surface area contributed by atoms with Crippen LogP contribution in [0.2, 0.25) is 0 Å². The summed E-state index contributed by atoms with van der Waals surface area (Å²) in [7, 11) is 0. The summed E-state index contributed by atoms with van der Waals surface area (Å²) in [5.74, 6) is 0.198. The van der Waals surface area contributed by atoms with Crippen LogP contribution in [0.1, 0.15) is 10.6 Å². The number of carbonyl (C=O) groups excluding carboxylic acids is 1. The zero-order chi connectivity index (χ0) is 12.5. The van der Waals surface area contributed by atoms with Gasteiger partial charge in [-0.3, -0.25) is 4.79 Å². The molecule has 0 aliphatic heterocycles. The Balaban J connectivity index is 2.38. The Morgan fingerprint density at radius 2 is 1.61 bits per heavy atom. The standard InChI is InChI=1S/C15H9ClO2/c16-15(17)14-13(10-6-2-1-3-7-10)11-8-4-5-9-12(11)18-14/h1-9H. The van der Waals surface area contributed by atoms with E-state index in [1.165, 1.54) is 0 Å². The van der Waals surface area contributed by atoms with Gasteiger partial charge in [0.15, 0.2) is 5.76 Å².